The lowest BCUT2D eigenvalue weighted by Gasteiger charge is -2.21. The van der Waals surface area contributed by atoms with Gasteiger partial charge in [-0.05, 0) is 37.8 Å². The van der Waals surface area contributed by atoms with Crippen molar-refractivity contribution >= 4 is 11.7 Å². The Morgan fingerprint density at radius 2 is 2.11 bits per heavy atom. The monoisotopic (exact) mass is 247 g/mol. The minimum absolute atomic E-state index is 0.0437. The average molecular weight is 247 g/mol. The number of nitrogens with two attached hydrogens (primary N) is 1. The van der Waals surface area contributed by atoms with Gasteiger partial charge in [-0.1, -0.05) is 19.3 Å². The fourth-order valence-electron chi connectivity index (χ4n) is 2.56. The fraction of sp³-hybridized carbons (Fsp3) is 0.571. The number of rotatable bonds is 3. The first-order chi connectivity index (χ1) is 8.65. The molecule has 0 atom stereocenters. The second-order valence-electron chi connectivity index (χ2n) is 5.14. The molecule has 0 aromatic carbocycles. The maximum absolute atomic E-state index is 12.0. The van der Waals surface area contributed by atoms with Crippen molar-refractivity contribution in [2.45, 2.75) is 39.0 Å². The number of amides is 1. The van der Waals surface area contributed by atoms with Crippen LogP contribution in [0.4, 0.5) is 5.82 Å². The van der Waals surface area contributed by atoms with Crippen LogP contribution in [0.25, 0.3) is 0 Å². The van der Waals surface area contributed by atoms with E-state index in [1.54, 1.807) is 12.1 Å². The van der Waals surface area contributed by atoms with Gasteiger partial charge < -0.3 is 11.1 Å². The van der Waals surface area contributed by atoms with Gasteiger partial charge >= 0.3 is 0 Å². The summed E-state index contributed by atoms with van der Waals surface area (Å²) in [6.07, 6.45) is 6.39. The molecular weight excluding hydrogens is 226 g/mol. The Kier molecular flexibility index (Phi) is 4.18. The number of hydrogen-bond acceptors (Lipinski definition) is 3. The normalized spacial score (nSPS) is 16.5. The standard InChI is InChI=1S/C14H21N3O/c1-10-7-12(8-13(15)17-10)14(18)16-9-11-5-3-2-4-6-11/h7-8,11H,2-6,9H2,1H3,(H2,15,17)(H,16,18). The zero-order valence-electron chi connectivity index (χ0n) is 10.9. The van der Waals surface area contributed by atoms with E-state index in [0.29, 0.717) is 17.3 Å². The summed E-state index contributed by atoms with van der Waals surface area (Å²) in [5.41, 5.74) is 7.03. The molecule has 1 aliphatic carbocycles. The number of aryl methyl sites for hydroxylation is 1. The van der Waals surface area contributed by atoms with Crippen molar-refractivity contribution in [1.82, 2.24) is 10.3 Å². The highest BCUT2D eigenvalue weighted by Crippen LogP contribution is 2.22. The van der Waals surface area contributed by atoms with Crippen LogP contribution in [0.5, 0.6) is 0 Å². The molecule has 0 saturated heterocycles. The van der Waals surface area contributed by atoms with Crippen molar-refractivity contribution in [2.75, 3.05) is 12.3 Å². The molecule has 18 heavy (non-hydrogen) atoms. The minimum atomic E-state index is -0.0437. The quantitative estimate of drug-likeness (QED) is 0.861. The fourth-order valence-corrected chi connectivity index (χ4v) is 2.56. The van der Waals surface area contributed by atoms with Gasteiger partial charge in [0.1, 0.15) is 5.82 Å². The molecule has 2 rings (SSSR count). The van der Waals surface area contributed by atoms with Gasteiger partial charge in [-0.3, -0.25) is 4.79 Å². The molecule has 0 bridgehead atoms. The van der Waals surface area contributed by atoms with Crippen LogP contribution in [0.3, 0.4) is 0 Å². The second kappa shape index (κ2) is 5.85. The van der Waals surface area contributed by atoms with Crippen molar-refractivity contribution in [3.8, 4) is 0 Å². The van der Waals surface area contributed by atoms with Gasteiger partial charge in [0.2, 0.25) is 0 Å². The maximum Gasteiger partial charge on any atom is 0.251 e. The molecule has 1 heterocycles. The number of pyridine rings is 1. The van der Waals surface area contributed by atoms with E-state index in [1.807, 2.05) is 6.92 Å². The number of anilines is 1. The van der Waals surface area contributed by atoms with Crippen LogP contribution in [0.1, 0.15) is 48.2 Å². The number of nitrogens with one attached hydrogen (secondary N) is 1. The largest absolute Gasteiger partial charge is 0.384 e. The zero-order chi connectivity index (χ0) is 13.0. The van der Waals surface area contributed by atoms with Crippen LogP contribution in [-0.2, 0) is 0 Å². The Labute approximate surface area is 108 Å². The highest BCUT2D eigenvalue weighted by molar-refractivity contribution is 5.94. The predicted octanol–water partition coefficient (Wildman–Crippen LogP) is 2.28. The summed E-state index contributed by atoms with van der Waals surface area (Å²) in [7, 11) is 0. The van der Waals surface area contributed by atoms with Crippen molar-refractivity contribution in [3.05, 3.63) is 23.4 Å². The molecule has 1 aromatic heterocycles. The number of hydrogen-bond donors (Lipinski definition) is 2. The Morgan fingerprint density at radius 3 is 2.78 bits per heavy atom. The van der Waals surface area contributed by atoms with Gasteiger partial charge in [0, 0.05) is 17.8 Å². The first-order valence-electron chi connectivity index (χ1n) is 6.67. The van der Waals surface area contributed by atoms with Gasteiger partial charge in [0.15, 0.2) is 0 Å². The maximum atomic E-state index is 12.0. The van der Waals surface area contributed by atoms with E-state index < -0.39 is 0 Å². The van der Waals surface area contributed by atoms with Gasteiger partial charge in [0.05, 0.1) is 0 Å². The minimum Gasteiger partial charge on any atom is -0.384 e. The van der Waals surface area contributed by atoms with Gasteiger partial charge in [-0.25, -0.2) is 4.98 Å². The Balaban J connectivity index is 1.90. The molecule has 0 aliphatic heterocycles. The molecule has 98 valence electrons. The van der Waals surface area contributed by atoms with Crippen molar-refractivity contribution in [2.24, 2.45) is 5.92 Å². The van der Waals surface area contributed by atoms with Crippen LogP contribution < -0.4 is 11.1 Å². The SMILES string of the molecule is Cc1cc(C(=O)NCC2CCCCC2)cc(N)n1. The number of nitrogens with zero attached hydrogens (tertiary/aromatic N) is 1. The molecular formula is C14H21N3O. The van der Waals surface area contributed by atoms with E-state index in [-0.39, 0.29) is 5.91 Å². The lowest BCUT2D eigenvalue weighted by atomic mass is 9.89. The summed E-state index contributed by atoms with van der Waals surface area (Å²) in [6, 6.07) is 3.40. The van der Waals surface area contributed by atoms with Crippen molar-refractivity contribution in [3.63, 3.8) is 0 Å². The molecule has 1 saturated carbocycles. The number of carbonyl (C=O) groups is 1. The molecule has 0 radical (unpaired) electrons. The Bertz CT molecular complexity index is 405. The molecule has 4 heteroatoms. The molecule has 1 amide bonds. The highest BCUT2D eigenvalue weighted by atomic mass is 16.1. The summed E-state index contributed by atoms with van der Waals surface area (Å²) in [6.45, 7) is 2.62. The molecule has 4 nitrogen and oxygen atoms in total. The first kappa shape index (κ1) is 12.9. The zero-order valence-corrected chi connectivity index (χ0v) is 10.9. The third kappa shape index (κ3) is 3.45. The Hall–Kier alpha value is -1.58. The Morgan fingerprint density at radius 1 is 1.39 bits per heavy atom. The van der Waals surface area contributed by atoms with Crippen LogP contribution in [0.15, 0.2) is 12.1 Å². The van der Waals surface area contributed by atoms with Crippen molar-refractivity contribution < 1.29 is 4.79 Å². The van der Waals surface area contributed by atoms with Gasteiger partial charge in [-0.2, -0.15) is 0 Å². The lowest BCUT2D eigenvalue weighted by molar-refractivity contribution is 0.0943. The highest BCUT2D eigenvalue weighted by Gasteiger charge is 2.15. The summed E-state index contributed by atoms with van der Waals surface area (Å²) in [5.74, 6) is 0.999. The van der Waals surface area contributed by atoms with E-state index in [9.17, 15) is 4.79 Å². The van der Waals surface area contributed by atoms with Crippen molar-refractivity contribution in [1.29, 1.82) is 0 Å². The average Bonchev–Trinajstić information content (AvgIpc) is 2.36. The summed E-state index contributed by atoms with van der Waals surface area (Å²) >= 11 is 0. The second-order valence-corrected chi connectivity index (χ2v) is 5.14. The molecule has 0 spiro atoms. The summed E-state index contributed by atoms with van der Waals surface area (Å²) in [4.78, 5) is 16.1. The topological polar surface area (TPSA) is 68.0 Å². The summed E-state index contributed by atoms with van der Waals surface area (Å²) < 4.78 is 0. The van der Waals surface area contributed by atoms with Gasteiger partial charge in [-0.15, -0.1) is 0 Å². The number of nitrogen functional groups attached to an aromatic ring is 1. The van der Waals surface area contributed by atoms with Crippen LogP contribution in [-0.4, -0.2) is 17.4 Å². The number of aromatic nitrogens is 1. The van der Waals surface area contributed by atoms with E-state index in [2.05, 4.69) is 10.3 Å². The predicted molar refractivity (Wildman–Crippen MR) is 72.3 cm³/mol. The van der Waals surface area contributed by atoms with Crippen LogP contribution >= 0.6 is 0 Å². The third-order valence-corrected chi connectivity index (χ3v) is 3.51. The number of carbonyl (C=O) groups excluding carboxylic acids is 1. The molecule has 1 aliphatic rings. The molecule has 3 N–H and O–H groups in total. The smallest absolute Gasteiger partial charge is 0.251 e. The van der Waals surface area contributed by atoms with E-state index in [0.717, 1.165) is 12.2 Å². The molecule has 0 unspecified atom stereocenters. The van der Waals surface area contributed by atoms with E-state index in [1.165, 1.54) is 32.1 Å². The van der Waals surface area contributed by atoms with Crippen LogP contribution in [0, 0.1) is 12.8 Å². The first-order valence-corrected chi connectivity index (χ1v) is 6.67. The molecule has 1 aromatic rings. The third-order valence-electron chi connectivity index (χ3n) is 3.51. The van der Waals surface area contributed by atoms with Gasteiger partial charge in [0.25, 0.3) is 5.91 Å². The molecule has 1 fully saturated rings. The van der Waals surface area contributed by atoms with E-state index >= 15 is 0 Å². The van der Waals surface area contributed by atoms with E-state index in [4.69, 9.17) is 5.73 Å². The lowest BCUT2D eigenvalue weighted by Crippen LogP contribution is -2.30. The summed E-state index contributed by atoms with van der Waals surface area (Å²) in [5, 5.41) is 3.00. The van der Waals surface area contributed by atoms with Crippen LogP contribution in [0.2, 0.25) is 0 Å².